The van der Waals surface area contributed by atoms with Crippen LogP contribution in [-0.4, -0.2) is 37.0 Å². The lowest BCUT2D eigenvalue weighted by Crippen LogP contribution is -2.41. The Morgan fingerprint density at radius 1 is 1.09 bits per heavy atom. The topological polar surface area (TPSA) is 32.3 Å². The maximum absolute atomic E-state index is 12.4. The van der Waals surface area contributed by atoms with E-state index >= 15 is 0 Å². The Morgan fingerprint density at radius 3 is 2.36 bits per heavy atom. The Labute approximate surface area is 135 Å². The molecule has 1 heterocycles. The molecule has 0 spiro atoms. The molecule has 2 rings (SSSR count). The van der Waals surface area contributed by atoms with Gasteiger partial charge in [0, 0.05) is 6.54 Å². The highest BCUT2D eigenvalue weighted by molar-refractivity contribution is 5.87. The Hall–Kier alpha value is -1.35. The van der Waals surface area contributed by atoms with E-state index in [1.54, 1.807) is 0 Å². The third kappa shape index (κ3) is 4.84. The molecular formula is C19H30N2O. The normalized spacial score (nSPS) is 17.0. The molecular weight excluding hydrogens is 272 g/mol. The van der Waals surface area contributed by atoms with Crippen LogP contribution in [0.4, 0.5) is 0 Å². The lowest BCUT2D eigenvalue weighted by molar-refractivity contribution is -0.125. The van der Waals surface area contributed by atoms with Crippen molar-refractivity contribution in [1.29, 1.82) is 0 Å². The molecule has 1 fully saturated rings. The molecule has 0 atom stereocenters. The fourth-order valence-electron chi connectivity index (χ4n) is 3.07. The molecule has 122 valence electrons. The van der Waals surface area contributed by atoms with E-state index in [-0.39, 0.29) is 5.91 Å². The van der Waals surface area contributed by atoms with Gasteiger partial charge in [0.05, 0.1) is 5.41 Å². The number of likely N-dealkylation sites (tertiary alicyclic amines) is 1. The van der Waals surface area contributed by atoms with Crippen molar-refractivity contribution in [3.05, 3.63) is 35.9 Å². The first-order valence-electron chi connectivity index (χ1n) is 8.67. The predicted molar refractivity (Wildman–Crippen MR) is 92.0 cm³/mol. The van der Waals surface area contributed by atoms with Crippen LogP contribution in [0.25, 0.3) is 0 Å². The number of nitrogens with one attached hydrogen (secondary N) is 1. The van der Waals surface area contributed by atoms with E-state index in [1.807, 2.05) is 44.2 Å². The number of rotatable bonds is 6. The van der Waals surface area contributed by atoms with Crippen LogP contribution in [0.5, 0.6) is 0 Å². The summed E-state index contributed by atoms with van der Waals surface area (Å²) in [6.45, 7) is 8.31. The fraction of sp³-hybridized carbons (Fsp3) is 0.632. The molecule has 0 saturated carbocycles. The van der Waals surface area contributed by atoms with Crippen LogP contribution < -0.4 is 5.32 Å². The van der Waals surface area contributed by atoms with Gasteiger partial charge in [-0.05, 0) is 58.3 Å². The number of hydrogen-bond acceptors (Lipinski definition) is 2. The second kappa shape index (κ2) is 8.33. The highest BCUT2D eigenvalue weighted by atomic mass is 16.2. The molecule has 0 aliphatic carbocycles. The van der Waals surface area contributed by atoms with E-state index in [0.29, 0.717) is 0 Å². The van der Waals surface area contributed by atoms with Gasteiger partial charge in [-0.25, -0.2) is 0 Å². The Bertz CT molecular complexity index is 448. The molecule has 0 aromatic heterocycles. The minimum absolute atomic E-state index is 0.120. The van der Waals surface area contributed by atoms with Gasteiger partial charge in [-0.3, -0.25) is 4.79 Å². The predicted octanol–water partition coefficient (Wildman–Crippen LogP) is 3.35. The van der Waals surface area contributed by atoms with E-state index in [1.165, 1.54) is 38.8 Å². The standard InChI is InChI=1S/C19H30N2O/c1-19(2,17-11-6-5-7-12-17)18(22)20-13-10-16-21-14-8-3-4-9-15-21/h5-7,11-12H,3-4,8-10,13-16H2,1-2H3,(H,20,22). The summed E-state index contributed by atoms with van der Waals surface area (Å²) in [5.74, 6) is 0.120. The van der Waals surface area contributed by atoms with Crippen molar-refractivity contribution in [1.82, 2.24) is 10.2 Å². The maximum atomic E-state index is 12.4. The van der Waals surface area contributed by atoms with Crippen molar-refractivity contribution in [2.45, 2.75) is 51.4 Å². The average molecular weight is 302 g/mol. The van der Waals surface area contributed by atoms with Gasteiger partial charge >= 0.3 is 0 Å². The molecule has 3 heteroatoms. The Kier molecular flexibility index (Phi) is 6.44. The van der Waals surface area contributed by atoms with Gasteiger partial charge in [0.25, 0.3) is 0 Å². The van der Waals surface area contributed by atoms with Crippen LogP contribution in [0.2, 0.25) is 0 Å². The lowest BCUT2D eigenvalue weighted by atomic mass is 9.84. The number of amides is 1. The molecule has 3 nitrogen and oxygen atoms in total. The van der Waals surface area contributed by atoms with Crippen molar-refractivity contribution in [3.8, 4) is 0 Å². The minimum atomic E-state index is -0.468. The molecule has 0 radical (unpaired) electrons. The van der Waals surface area contributed by atoms with Gasteiger partial charge in [0.15, 0.2) is 0 Å². The van der Waals surface area contributed by atoms with E-state index in [0.717, 1.165) is 25.1 Å². The van der Waals surface area contributed by atoms with E-state index < -0.39 is 5.41 Å². The summed E-state index contributed by atoms with van der Waals surface area (Å²) in [6.07, 6.45) is 6.44. The first-order valence-corrected chi connectivity index (χ1v) is 8.67. The van der Waals surface area contributed by atoms with Gasteiger partial charge in [-0.1, -0.05) is 43.2 Å². The number of nitrogens with zero attached hydrogens (tertiary/aromatic N) is 1. The van der Waals surface area contributed by atoms with Crippen LogP contribution in [0.3, 0.4) is 0 Å². The minimum Gasteiger partial charge on any atom is -0.355 e. The molecule has 1 aromatic rings. The van der Waals surface area contributed by atoms with Crippen LogP contribution >= 0.6 is 0 Å². The molecule has 0 bridgehead atoms. The van der Waals surface area contributed by atoms with E-state index in [9.17, 15) is 4.79 Å². The molecule has 1 aliphatic rings. The second-order valence-corrected chi connectivity index (χ2v) is 6.86. The smallest absolute Gasteiger partial charge is 0.230 e. The zero-order valence-electron chi connectivity index (χ0n) is 14.1. The Balaban J connectivity index is 1.73. The first kappa shape index (κ1) is 17.0. The molecule has 1 aliphatic heterocycles. The van der Waals surface area contributed by atoms with Crippen LogP contribution in [-0.2, 0) is 10.2 Å². The average Bonchev–Trinajstić information content (AvgIpc) is 2.81. The zero-order chi connectivity index (χ0) is 15.8. The Morgan fingerprint density at radius 2 is 1.73 bits per heavy atom. The monoisotopic (exact) mass is 302 g/mol. The van der Waals surface area contributed by atoms with Crippen LogP contribution in [0.1, 0.15) is 51.5 Å². The van der Waals surface area contributed by atoms with Gasteiger partial charge < -0.3 is 10.2 Å². The summed E-state index contributed by atoms with van der Waals surface area (Å²) in [5, 5.41) is 3.11. The van der Waals surface area contributed by atoms with E-state index in [2.05, 4.69) is 10.2 Å². The summed E-state index contributed by atoms with van der Waals surface area (Å²) in [6, 6.07) is 10.0. The third-order valence-electron chi connectivity index (χ3n) is 4.70. The summed E-state index contributed by atoms with van der Waals surface area (Å²) in [7, 11) is 0. The van der Waals surface area contributed by atoms with Gasteiger partial charge in [0.2, 0.25) is 5.91 Å². The van der Waals surface area contributed by atoms with Gasteiger partial charge in [-0.2, -0.15) is 0 Å². The first-order chi connectivity index (χ1) is 10.6. The van der Waals surface area contributed by atoms with Crippen LogP contribution in [0, 0.1) is 0 Å². The number of benzene rings is 1. The SMILES string of the molecule is CC(C)(C(=O)NCCCN1CCCCCC1)c1ccccc1. The van der Waals surface area contributed by atoms with Crippen molar-refractivity contribution in [2.24, 2.45) is 0 Å². The summed E-state index contributed by atoms with van der Waals surface area (Å²) in [4.78, 5) is 15.0. The summed E-state index contributed by atoms with van der Waals surface area (Å²) < 4.78 is 0. The third-order valence-corrected chi connectivity index (χ3v) is 4.70. The molecule has 1 saturated heterocycles. The molecule has 22 heavy (non-hydrogen) atoms. The lowest BCUT2D eigenvalue weighted by Gasteiger charge is -2.25. The highest BCUT2D eigenvalue weighted by Gasteiger charge is 2.29. The van der Waals surface area contributed by atoms with Crippen molar-refractivity contribution in [3.63, 3.8) is 0 Å². The molecule has 1 aromatic carbocycles. The summed E-state index contributed by atoms with van der Waals surface area (Å²) in [5.41, 5.74) is 0.601. The molecule has 1 N–H and O–H groups in total. The van der Waals surface area contributed by atoms with Gasteiger partial charge in [0.1, 0.15) is 0 Å². The van der Waals surface area contributed by atoms with Crippen molar-refractivity contribution < 1.29 is 4.79 Å². The number of carbonyl (C=O) groups is 1. The highest BCUT2D eigenvalue weighted by Crippen LogP contribution is 2.22. The van der Waals surface area contributed by atoms with Crippen LogP contribution in [0.15, 0.2) is 30.3 Å². The van der Waals surface area contributed by atoms with Crippen molar-refractivity contribution in [2.75, 3.05) is 26.2 Å². The summed E-state index contributed by atoms with van der Waals surface area (Å²) >= 11 is 0. The second-order valence-electron chi connectivity index (χ2n) is 6.86. The van der Waals surface area contributed by atoms with Crippen molar-refractivity contribution >= 4 is 5.91 Å². The number of carbonyl (C=O) groups excluding carboxylic acids is 1. The fourth-order valence-corrected chi connectivity index (χ4v) is 3.07. The quantitative estimate of drug-likeness (QED) is 0.817. The maximum Gasteiger partial charge on any atom is 0.230 e. The zero-order valence-corrected chi connectivity index (χ0v) is 14.1. The molecule has 1 amide bonds. The van der Waals surface area contributed by atoms with Gasteiger partial charge in [-0.15, -0.1) is 0 Å². The molecule has 0 unspecified atom stereocenters. The number of hydrogen-bond donors (Lipinski definition) is 1. The van der Waals surface area contributed by atoms with E-state index in [4.69, 9.17) is 0 Å². The largest absolute Gasteiger partial charge is 0.355 e.